The van der Waals surface area contributed by atoms with E-state index in [9.17, 15) is 4.79 Å². The SMILES string of the molecule is COCc1ccccc1C(Cl)C(=O)OC. The van der Waals surface area contributed by atoms with Crippen LogP contribution in [0.2, 0.25) is 0 Å². The first kappa shape index (κ1) is 12.0. The Bertz CT molecular complexity index is 338. The lowest BCUT2D eigenvalue weighted by Crippen LogP contribution is -2.11. The minimum Gasteiger partial charge on any atom is -0.468 e. The van der Waals surface area contributed by atoms with E-state index in [2.05, 4.69) is 4.74 Å². The van der Waals surface area contributed by atoms with Crippen LogP contribution in [0.25, 0.3) is 0 Å². The lowest BCUT2D eigenvalue weighted by molar-refractivity contribution is -0.140. The average Bonchev–Trinajstić information content (AvgIpc) is 2.28. The van der Waals surface area contributed by atoms with Crippen molar-refractivity contribution >= 4 is 17.6 Å². The van der Waals surface area contributed by atoms with E-state index in [1.807, 2.05) is 18.2 Å². The molecule has 1 aromatic carbocycles. The van der Waals surface area contributed by atoms with Crippen LogP contribution in [0.4, 0.5) is 0 Å². The van der Waals surface area contributed by atoms with Crippen LogP contribution in [-0.2, 0) is 20.9 Å². The zero-order valence-electron chi connectivity index (χ0n) is 8.70. The summed E-state index contributed by atoms with van der Waals surface area (Å²) in [5.41, 5.74) is 1.62. The third-order valence-electron chi connectivity index (χ3n) is 2.04. The van der Waals surface area contributed by atoms with E-state index < -0.39 is 11.3 Å². The van der Waals surface area contributed by atoms with Gasteiger partial charge in [0.2, 0.25) is 0 Å². The van der Waals surface area contributed by atoms with Crippen LogP contribution in [0, 0.1) is 0 Å². The summed E-state index contributed by atoms with van der Waals surface area (Å²) in [6, 6.07) is 7.37. The van der Waals surface area contributed by atoms with Gasteiger partial charge < -0.3 is 9.47 Å². The monoisotopic (exact) mass is 228 g/mol. The second-order valence-corrected chi connectivity index (χ2v) is 3.45. The number of hydrogen-bond acceptors (Lipinski definition) is 3. The zero-order chi connectivity index (χ0) is 11.3. The lowest BCUT2D eigenvalue weighted by atomic mass is 10.1. The van der Waals surface area contributed by atoms with Crippen LogP contribution in [0.15, 0.2) is 24.3 Å². The number of carbonyl (C=O) groups excluding carboxylic acids is 1. The highest BCUT2D eigenvalue weighted by Gasteiger charge is 2.20. The van der Waals surface area contributed by atoms with Gasteiger partial charge in [0.25, 0.3) is 0 Å². The van der Waals surface area contributed by atoms with Crippen molar-refractivity contribution in [1.29, 1.82) is 0 Å². The highest BCUT2D eigenvalue weighted by molar-refractivity contribution is 6.30. The molecule has 0 N–H and O–H groups in total. The van der Waals surface area contributed by atoms with Crippen molar-refractivity contribution in [2.24, 2.45) is 0 Å². The first-order valence-corrected chi connectivity index (χ1v) is 4.93. The van der Waals surface area contributed by atoms with Crippen molar-refractivity contribution in [2.45, 2.75) is 12.0 Å². The van der Waals surface area contributed by atoms with Crippen molar-refractivity contribution in [3.05, 3.63) is 35.4 Å². The molecule has 3 nitrogen and oxygen atoms in total. The van der Waals surface area contributed by atoms with Gasteiger partial charge in [0, 0.05) is 7.11 Å². The van der Waals surface area contributed by atoms with Gasteiger partial charge in [0.15, 0.2) is 5.38 Å². The van der Waals surface area contributed by atoms with E-state index in [1.165, 1.54) is 7.11 Å². The Morgan fingerprint density at radius 1 is 1.40 bits per heavy atom. The molecule has 4 heteroatoms. The Labute approximate surface area is 93.9 Å². The molecule has 1 atom stereocenters. The smallest absolute Gasteiger partial charge is 0.328 e. The molecule has 0 heterocycles. The minimum atomic E-state index is -0.777. The van der Waals surface area contributed by atoms with E-state index >= 15 is 0 Å². The molecule has 0 saturated carbocycles. The second-order valence-electron chi connectivity index (χ2n) is 3.02. The van der Waals surface area contributed by atoms with Gasteiger partial charge in [-0.3, -0.25) is 4.79 Å². The molecule has 0 aliphatic heterocycles. The van der Waals surface area contributed by atoms with E-state index in [4.69, 9.17) is 16.3 Å². The zero-order valence-corrected chi connectivity index (χ0v) is 9.45. The summed E-state index contributed by atoms with van der Waals surface area (Å²) in [7, 11) is 2.91. The number of hydrogen-bond donors (Lipinski definition) is 0. The molecule has 0 bridgehead atoms. The van der Waals surface area contributed by atoms with Crippen LogP contribution in [-0.4, -0.2) is 20.2 Å². The molecule has 0 aliphatic rings. The molecule has 0 amide bonds. The highest BCUT2D eigenvalue weighted by atomic mass is 35.5. The summed E-state index contributed by atoms with van der Waals surface area (Å²) in [5.74, 6) is -0.458. The second kappa shape index (κ2) is 5.73. The van der Waals surface area contributed by atoms with Crippen molar-refractivity contribution in [1.82, 2.24) is 0 Å². The van der Waals surface area contributed by atoms with E-state index in [-0.39, 0.29) is 0 Å². The van der Waals surface area contributed by atoms with Gasteiger partial charge in [-0.05, 0) is 11.1 Å². The normalized spacial score (nSPS) is 12.2. The predicted molar refractivity (Wildman–Crippen MR) is 57.8 cm³/mol. The molecule has 0 spiro atoms. The number of benzene rings is 1. The van der Waals surface area contributed by atoms with Crippen LogP contribution < -0.4 is 0 Å². The van der Waals surface area contributed by atoms with Gasteiger partial charge >= 0.3 is 5.97 Å². The predicted octanol–water partition coefficient (Wildman–Crippen LogP) is 2.29. The molecule has 1 aromatic rings. The summed E-state index contributed by atoms with van der Waals surface area (Å²) in [6.45, 7) is 0.427. The van der Waals surface area contributed by atoms with Gasteiger partial charge in [0.1, 0.15) is 0 Å². The summed E-state index contributed by atoms with van der Waals surface area (Å²) in [5, 5.41) is -0.777. The van der Waals surface area contributed by atoms with Crippen molar-refractivity contribution in [3.8, 4) is 0 Å². The Kier molecular flexibility index (Phi) is 4.59. The van der Waals surface area contributed by atoms with Crippen LogP contribution in [0.1, 0.15) is 16.5 Å². The van der Waals surface area contributed by atoms with E-state index in [0.29, 0.717) is 6.61 Å². The van der Waals surface area contributed by atoms with Crippen molar-refractivity contribution in [3.63, 3.8) is 0 Å². The van der Waals surface area contributed by atoms with Crippen LogP contribution >= 0.6 is 11.6 Å². The first-order valence-electron chi connectivity index (χ1n) is 4.49. The minimum absolute atomic E-state index is 0.427. The summed E-state index contributed by atoms with van der Waals surface area (Å²) >= 11 is 5.97. The van der Waals surface area contributed by atoms with Crippen molar-refractivity contribution < 1.29 is 14.3 Å². The number of methoxy groups -OCH3 is 2. The third kappa shape index (κ3) is 2.94. The van der Waals surface area contributed by atoms with E-state index in [0.717, 1.165) is 11.1 Å². The standard InChI is InChI=1S/C11H13ClO3/c1-14-7-8-5-3-4-6-9(8)10(12)11(13)15-2/h3-6,10H,7H2,1-2H3. The molecule has 0 aliphatic carbocycles. The fraction of sp³-hybridized carbons (Fsp3) is 0.364. The fourth-order valence-electron chi connectivity index (χ4n) is 1.30. The molecule has 82 valence electrons. The van der Waals surface area contributed by atoms with E-state index in [1.54, 1.807) is 13.2 Å². The lowest BCUT2D eigenvalue weighted by Gasteiger charge is -2.12. The molecule has 0 aromatic heterocycles. The maximum atomic E-state index is 11.3. The number of esters is 1. The largest absolute Gasteiger partial charge is 0.468 e. The number of rotatable bonds is 4. The Morgan fingerprint density at radius 2 is 2.07 bits per heavy atom. The Morgan fingerprint density at radius 3 is 2.67 bits per heavy atom. The summed E-state index contributed by atoms with van der Waals surface area (Å²) in [6.07, 6.45) is 0. The Hall–Kier alpha value is -1.06. The molecule has 0 saturated heterocycles. The average molecular weight is 229 g/mol. The Balaban J connectivity index is 2.96. The molecular weight excluding hydrogens is 216 g/mol. The molecular formula is C11H13ClO3. The molecule has 15 heavy (non-hydrogen) atoms. The number of halogens is 1. The highest BCUT2D eigenvalue weighted by Crippen LogP contribution is 2.25. The van der Waals surface area contributed by atoms with Gasteiger partial charge in [0.05, 0.1) is 13.7 Å². The molecule has 0 fully saturated rings. The van der Waals surface area contributed by atoms with Crippen LogP contribution in [0.5, 0.6) is 0 Å². The molecule has 1 unspecified atom stereocenters. The molecule has 0 radical (unpaired) electrons. The van der Waals surface area contributed by atoms with Gasteiger partial charge in [-0.15, -0.1) is 11.6 Å². The van der Waals surface area contributed by atoms with Crippen LogP contribution in [0.3, 0.4) is 0 Å². The number of carbonyl (C=O) groups is 1. The first-order chi connectivity index (χ1) is 7.20. The maximum Gasteiger partial charge on any atom is 0.328 e. The number of alkyl halides is 1. The third-order valence-corrected chi connectivity index (χ3v) is 2.45. The van der Waals surface area contributed by atoms with Gasteiger partial charge in [-0.2, -0.15) is 0 Å². The maximum absolute atomic E-state index is 11.3. The summed E-state index contributed by atoms with van der Waals surface area (Å²) < 4.78 is 9.61. The topological polar surface area (TPSA) is 35.5 Å². The van der Waals surface area contributed by atoms with Gasteiger partial charge in [-0.25, -0.2) is 0 Å². The number of ether oxygens (including phenoxy) is 2. The quantitative estimate of drug-likeness (QED) is 0.586. The summed E-state index contributed by atoms with van der Waals surface area (Å²) in [4.78, 5) is 11.3. The molecule has 1 rings (SSSR count). The fourth-order valence-corrected chi connectivity index (χ4v) is 1.60. The van der Waals surface area contributed by atoms with Gasteiger partial charge in [-0.1, -0.05) is 24.3 Å². The van der Waals surface area contributed by atoms with Crippen molar-refractivity contribution in [2.75, 3.05) is 14.2 Å².